The van der Waals surface area contributed by atoms with E-state index in [1.54, 1.807) is 20.8 Å². The monoisotopic (exact) mass is 407 g/mol. The Balaban J connectivity index is 2.70. The number of esters is 2. The number of benzene rings is 1. The van der Waals surface area contributed by atoms with Gasteiger partial charge < -0.3 is 19.5 Å². The maximum absolute atomic E-state index is 12.3. The number of amides is 1. The van der Waals surface area contributed by atoms with Crippen molar-refractivity contribution in [2.45, 2.75) is 78.9 Å². The number of alkyl carbamates (subject to hydrolysis) is 1. The van der Waals surface area contributed by atoms with Gasteiger partial charge in [-0.15, -0.1) is 0 Å². The van der Waals surface area contributed by atoms with E-state index in [4.69, 9.17) is 14.2 Å². The van der Waals surface area contributed by atoms with Crippen LogP contribution in [0.3, 0.4) is 0 Å². The SMILES string of the molecule is CC(C)c1cccc(C(C)C)c1OC(=O)COC(=O)[C@H](C)NC(=O)OC(C)(C)C. The van der Waals surface area contributed by atoms with E-state index in [0.29, 0.717) is 5.75 Å². The van der Waals surface area contributed by atoms with Crippen LogP contribution in [0.4, 0.5) is 4.79 Å². The number of carbonyl (C=O) groups is 3. The lowest BCUT2D eigenvalue weighted by Crippen LogP contribution is -2.42. The molecule has 0 aromatic heterocycles. The largest absolute Gasteiger partial charge is 0.452 e. The molecular weight excluding hydrogens is 374 g/mol. The smallest absolute Gasteiger partial charge is 0.408 e. The highest BCUT2D eigenvalue weighted by Gasteiger charge is 2.23. The molecule has 1 N–H and O–H groups in total. The second-order valence-electron chi connectivity index (χ2n) is 8.52. The molecule has 0 saturated carbocycles. The third-order valence-electron chi connectivity index (χ3n) is 3.95. The molecule has 0 spiro atoms. The molecule has 162 valence electrons. The van der Waals surface area contributed by atoms with Gasteiger partial charge in [0, 0.05) is 0 Å². The molecule has 0 aliphatic carbocycles. The molecule has 1 aromatic carbocycles. The molecule has 0 aliphatic heterocycles. The van der Waals surface area contributed by atoms with Gasteiger partial charge >= 0.3 is 18.0 Å². The predicted molar refractivity (Wildman–Crippen MR) is 110 cm³/mol. The maximum Gasteiger partial charge on any atom is 0.408 e. The fourth-order valence-corrected chi connectivity index (χ4v) is 2.54. The predicted octanol–water partition coefficient (Wildman–Crippen LogP) is 4.30. The Morgan fingerprint density at radius 2 is 1.48 bits per heavy atom. The van der Waals surface area contributed by atoms with Gasteiger partial charge in [-0.3, -0.25) is 0 Å². The highest BCUT2D eigenvalue weighted by Crippen LogP contribution is 2.34. The van der Waals surface area contributed by atoms with Gasteiger partial charge in [-0.05, 0) is 50.7 Å². The summed E-state index contributed by atoms with van der Waals surface area (Å²) >= 11 is 0. The van der Waals surface area contributed by atoms with Crippen molar-refractivity contribution in [3.63, 3.8) is 0 Å². The Morgan fingerprint density at radius 3 is 1.93 bits per heavy atom. The third kappa shape index (κ3) is 8.13. The van der Waals surface area contributed by atoms with Crippen LogP contribution >= 0.6 is 0 Å². The molecule has 0 saturated heterocycles. The van der Waals surface area contributed by atoms with Gasteiger partial charge in [0.25, 0.3) is 0 Å². The van der Waals surface area contributed by atoms with Crippen molar-refractivity contribution in [3.05, 3.63) is 29.3 Å². The summed E-state index contributed by atoms with van der Waals surface area (Å²) in [5, 5.41) is 2.37. The van der Waals surface area contributed by atoms with Crippen LogP contribution in [0.15, 0.2) is 18.2 Å². The topological polar surface area (TPSA) is 90.9 Å². The molecule has 0 aliphatic rings. The van der Waals surface area contributed by atoms with E-state index >= 15 is 0 Å². The highest BCUT2D eigenvalue weighted by molar-refractivity contribution is 5.83. The molecule has 1 amide bonds. The Kier molecular flexibility index (Phi) is 8.67. The average Bonchev–Trinajstić information content (AvgIpc) is 2.57. The van der Waals surface area contributed by atoms with E-state index in [0.717, 1.165) is 11.1 Å². The first-order valence-electron chi connectivity index (χ1n) is 9.81. The van der Waals surface area contributed by atoms with E-state index in [1.165, 1.54) is 6.92 Å². The van der Waals surface area contributed by atoms with E-state index < -0.39 is 36.3 Å². The van der Waals surface area contributed by atoms with Gasteiger partial charge in [-0.2, -0.15) is 0 Å². The number of hydrogen-bond acceptors (Lipinski definition) is 6. The first kappa shape index (κ1) is 24.5. The lowest BCUT2D eigenvalue weighted by atomic mass is 9.94. The van der Waals surface area contributed by atoms with Crippen molar-refractivity contribution < 1.29 is 28.6 Å². The molecule has 1 aromatic rings. The van der Waals surface area contributed by atoms with E-state index in [-0.39, 0.29) is 11.8 Å². The summed E-state index contributed by atoms with van der Waals surface area (Å²) in [5.74, 6) is -0.598. The van der Waals surface area contributed by atoms with Crippen LogP contribution in [0.1, 0.15) is 78.4 Å². The minimum atomic E-state index is -0.966. The van der Waals surface area contributed by atoms with Crippen LogP contribution in [-0.4, -0.2) is 36.3 Å². The fourth-order valence-electron chi connectivity index (χ4n) is 2.54. The zero-order valence-corrected chi connectivity index (χ0v) is 18.6. The molecule has 29 heavy (non-hydrogen) atoms. The van der Waals surface area contributed by atoms with Gasteiger partial charge in [0.05, 0.1) is 0 Å². The van der Waals surface area contributed by atoms with E-state index in [9.17, 15) is 14.4 Å². The quantitative estimate of drug-likeness (QED) is 0.535. The summed E-state index contributed by atoms with van der Waals surface area (Å²) in [6.45, 7) is 14.1. The second kappa shape index (κ2) is 10.3. The van der Waals surface area contributed by atoms with Crippen LogP contribution in [0, 0.1) is 0 Å². The molecular formula is C22H33NO6. The first-order valence-corrected chi connectivity index (χ1v) is 9.81. The summed E-state index contributed by atoms with van der Waals surface area (Å²) in [4.78, 5) is 36.1. The number of hydrogen-bond donors (Lipinski definition) is 1. The second-order valence-corrected chi connectivity index (χ2v) is 8.52. The number of carbonyl (C=O) groups excluding carboxylic acids is 3. The normalized spacial score (nSPS) is 12.5. The van der Waals surface area contributed by atoms with Crippen LogP contribution in [0.2, 0.25) is 0 Å². The van der Waals surface area contributed by atoms with Gasteiger partial charge in [-0.25, -0.2) is 14.4 Å². The lowest BCUT2D eigenvalue weighted by molar-refractivity contribution is -0.154. The van der Waals surface area contributed by atoms with Gasteiger partial charge in [0.1, 0.15) is 17.4 Å². The maximum atomic E-state index is 12.3. The van der Waals surface area contributed by atoms with Crippen LogP contribution in [0.25, 0.3) is 0 Å². The first-order chi connectivity index (χ1) is 13.3. The Bertz CT molecular complexity index is 707. The van der Waals surface area contributed by atoms with E-state index in [1.807, 2.05) is 45.9 Å². The molecule has 1 atom stereocenters. The van der Waals surface area contributed by atoms with Crippen molar-refractivity contribution in [1.82, 2.24) is 5.32 Å². The molecule has 1 rings (SSSR count). The summed E-state index contributed by atoms with van der Waals surface area (Å²) in [7, 11) is 0. The van der Waals surface area contributed by atoms with Crippen molar-refractivity contribution in [2.75, 3.05) is 6.61 Å². The van der Waals surface area contributed by atoms with Crippen LogP contribution in [0.5, 0.6) is 5.75 Å². The van der Waals surface area contributed by atoms with Crippen LogP contribution < -0.4 is 10.1 Å². The van der Waals surface area contributed by atoms with Crippen molar-refractivity contribution in [1.29, 1.82) is 0 Å². The zero-order valence-electron chi connectivity index (χ0n) is 18.6. The zero-order chi connectivity index (χ0) is 22.4. The van der Waals surface area contributed by atoms with Gasteiger partial charge in [0.15, 0.2) is 6.61 Å². The van der Waals surface area contributed by atoms with Crippen molar-refractivity contribution in [3.8, 4) is 5.75 Å². The molecule has 0 radical (unpaired) electrons. The number of rotatable bonds is 7. The minimum absolute atomic E-state index is 0.164. The highest BCUT2D eigenvalue weighted by atomic mass is 16.6. The summed E-state index contributed by atoms with van der Waals surface area (Å²) < 4.78 is 15.6. The van der Waals surface area contributed by atoms with Crippen LogP contribution in [-0.2, 0) is 19.1 Å². The van der Waals surface area contributed by atoms with Crippen molar-refractivity contribution >= 4 is 18.0 Å². The minimum Gasteiger partial charge on any atom is -0.452 e. The number of para-hydroxylation sites is 1. The Morgan fingerprint density at radius 1 is 0.966 bits per heavy atom. The Labute approximate surface area is 173 Å². The molecule has 0 fully saturated rings. The molecule has 0 heterocycles. The molecule has 0 bridgehead atoms. The third-order valence-corrected chi connectivity index (χ3v) is 3.95. The summed E-state index contributed by atoms with van der Waals surface area (Å²) in [6, 6.07) is 4.80. The average molecular weight is 408 g/mol. The Hall–Kier alpha value is -2.57. The summed E-state index contributed by atoms with van der Waals surface area (Å²) in [6.07, 6.45) is -0.739. The standard InChI is InChI=1S/C22H33NO6/c1-13(2)16-10-9-11-17(14(3)4)19(16)28-18(24)12-27-20(25)15(5)23-21(26)29-22(6,7)8/h9-11,13-15H,12H2,1-8H3,(H,23,26)/t15-/m0/s1. The molecule has 0 unspecified atom stereocenters. The lowest BCUT2D eigenvalue weighted by Gasteiger charge is -2.21. The van der Waals surface area contributed by atoms with Crippen molar-refractivity contribution in [2.24, 2.45) is 0 Å². The summed E-state index contributed by atoms with van der Waals surface area (Å²) in [5.41, 5.74) is 1.14. The molecule has 7 nitrogen and oxygen atoms in total. The van der Waals surface area contributed by atoms with Gasteiger partial charge in [-0.1, -0.05) is 45.9 Å². The van der Waals surface area contributed by atoms with E-state index in [2.05, 4.69) is 5.32 Å². The molecule has 7 heteroatoms. The fraction of sp³-hybridized carbons (Fsp3) is 0.591. The number of ether oxygens (including phenoxy) is 3. The number of nitrogens with one attached hydrogen (secondary N) is 1. The van der Waals surface area contributed by atoms with Gasteiger partial charge in [0.2, 0.25) is 0 Å².